The molecule has 0 bridgehead atoms. The number of halogens is 1. The molecular formula is C21H43IN6O3. The van der Waals surface area contributed by atoms with Crippen LogP contribution < -0.4 is 16.0 Å². The van der Waals surface area contributed by atoms with Crippen molar-refractivity contribution >= 4 is 41.9 Å². The monoisotopic (exact) mass is 554 g/mol. The SMILES string of the molecule is CN=C(NCC(NC(=O)OC(C)(C)C)C(C)C)N1CCN(CC(=O)NC(C)C)CC1.I. The molecule has 1 rings (SSSR count). The minimum absolute atomic E-state index is 0. The third-order valence-electron chi connectivity index (χ3n) is 4.69. The lowest BCUT2D eigenvalue weighted by Crippen LogP contribution is -2.56. The van der Waals surface area contributed by atoms with Gasteiger partial charge in [-0.3, -0.25) is 14.7 Å². The molecule has 0 aromatic carbocycles. The molecule has 0 spiro atoms. The van der Waals surface area contributed by atoms with Crippen molar-refractivity contribution in [1.29, 1.82) is 0 Å². The molecule has 31 heavy (non-hydrogen) atoms. The summed E-state index contributed by atoms with van der Waals surface area (Å²) < 4.78 is 5.38. The van der Waals surface area contributed by atoms with Gasteiger partial charge in [-0.05, 0) is 40.5 Å². The van der Waals surface area contributed by atoms with Crippen LogP contribution in [0.1, 0.15) is 48.5 Å². The molecule has 0 radical (unpaired) electrons. The Labute approximate surface area is 205 Å². The highest BCUT2D eigenvalue weighted by Crippen LogP contribution is 2.09. The zero-order valence-corrected chi connectivity index (χ0v) is 22.8. The van der Waals surface area contributed by atoms with Gasteiger partial charge in [-0.1, -0.05) is 13.8 Å². The Kier molecular flexibility index (Phi) is 13.4. The van der Waals surface area contributed by atoms with E-state index in [4.69, 9.17) is 4.74 Å². The summed E-state index contributed by atoms with van der Waals surface area (Å²) in [4.78, 5) is 32.8. The fraction of sp³-hybridized carbons (Fsp3) is 0.857. The Hall–Kier alpha value is -1.30. The summed E-state index contributed by atoms with van der Waals surface area (Å²) >= 11 is 0. The van der Waals surface area contributed by atoms with E-state index in [-0.39, 0.29) is 47.9 Å². The van der Waals surface area contributed by atoms with Crippen LogP contribution >= 0.6 is 24.0 Å². The third kappa shape index (κ3) is 12.4. The molecule has 1 heterocycles. The maximum atomic E-state index is 12.1. The van der Waals surface area contributed by atoms with Crippen LogP contribution in [0.25, 0.3) is 0 Å². The molecule has 1 fully saturated rings. The van der Waals surface area contributed by atoms with E-state index in [9.17, 15) is 9.59 Å². The molecule has 3 N–H and O–H groups in total. The number of carbonyl (C=O) groups is 2. The molecule has 0 aromatic rings. The number of amides is 2. The van der Waals surface area contributed by atoms with E-state index in [0.29, 0.717) is 13.1 Å². The van der Waals surface area contributed by atoms with Gasteiger partial charge < -0.3 is 25.6 Å². The predicted molar refractivity (Wildman–Crippen MR) is 136 cm³/mol. The van der Waals surface area contributed by atoms with E-state index in [2.05, 4.69) is 44.6 Å². The van der Waals surface area contributed by atoms with E-state index in [0.717, 1.165) is 32.1 Å². The first-order valence-electron chi connectivity index (χ1n) is 10.9. The maximum absolute atomic E-state index is 12.1. The molecule has 2 amide bonds. The number of alkyl carbamates (subject to hydrolysis) is 1. The fourth-order valence-corrected chi connectivity index (χ4v) is 3.13. The summed E-state index contributed by atoms with van der Waals surface area (Å²) in [7, 11) is 1.76. The molecule has 1 aliphatic heterocycles. The Morgan fingerprint density at radius 3 is 2.06 bits per heavy atom. The lowest BCUT2D eigenvalue weighted by atomic mass is 10.0. The number of hydrogen-bond acceptors (Lipinski definition) is 5. The number of nitrogens with one attached hydrogen (secondary N) is 3. The first-order valence-corrected chi connectivity index (χ1v) is 10.9. The zero-order chi connectivity index (χ0) is 22.9. The number of aliphatic imine (C=N–C) groups is 1. The van der Waals surface area contributed by atoms with Gasteiger partial charge in [-0.25, -0.2) is 4.79 Å². The fourth-order valence-electron chi connectivity index (χ4n) is 3.13. The quantitative estimate of drug-likeness (QED) is 0.253. The van der Waals surface area contributed by atoms with Crippen molar-refractivity contribution < 1.29 is 14.3 Å². The van der Waals surface area contributed by atoms with Crippen LogP contribution in [0, 0.1) is 5.92 Å². The summed E-state index contributed by atoms with van der Waals surface area (Å²) in [5.41, 5.74) is -0.527. The Bertz CT molecular complexity index is 584. The van der Waals surface area contributed by atoms with Crippen LogP contribution in [0.5, 0.6) is 0 Å². The molecule has 10 heteroatoms. The highest BCUT2D eigenvalue weighted by atomic mass is 127. The summed E-state index contributed by atoms with van der Waals surface area (Å²) in [5.74, 6) is 1.10. The van der Waals surface area contributed by atoms with Gasteiger partial charge in [0.25, 0.3) is 0 Å². The van der Waals surface area contributed by atoms with Gasteiger partial charge >= 0.3 is 6.09 Å². The van der Waals surface area contributed by atoms with Crippen LogP contribution in [-0.2, 0) is 9.53 Å². The average Bonchev–Trinajstić information content (AvgIpc) is 2.60. The van der Waals surface area contributed by atoms with Crippen LogP contribution in [0.2, 0.25) is 0 Å². The molecule has 1 unspecified atom stereocenters. The van der Waals surface area contributed by atoms with E-state index in [1.807, 2.05) is 34.6 Å². The van der Waals surface area contributed by atoms with Gasteiger partial charge in [0.05, 0.1) is 12.6 Å². The Morgan fingerprint density at radius 1 is 1.03 bits per heavy atom. The van der Waals surface area contributed by atoms with Gasteiger partial charge in [-0.2, -0.15) is 0 Å². The molecule has 1 aliphatic rings. The van der Waals surface area contributed by atoms with Gasteiger partial charge in [0, 0.05) is 45.8 Å². The molecule has 0 aliphatic carbocycles. The van der Waals surface area contributed by atoms with Crippen LogP contribution in [0.3, 0.4) is 0 Å². The molecule has 0 aromatic heterocycles. The number of carbonyl (C=O) groups excluding carboxylic acids is 2. The molecule has 9 nitrogen and oxygen atoms in total. The summed E-state index contributed by atoms with van der Waals surface area (Å²) in [6.45, 7) is 17.8. The molecular weight excluding hydrogens is 511 g/mol. The first kappa shape index (κ1) is 29.7. The van der Waals surface area contributed by atoms with Gasteiger partial charge in [0.15, 0.2) is 5.96 Å². The number of ether oxygens (including phenoxy) is 1. The average molecular weight is 555 g/mol. The largest absolute Gasteiger partial charge is 0.444 e. The molecule has 1 saturated heterocycles. The van der Waals surface area contributed by atoms with Gasteiger partial charge in [-0.15, -0.1) is 24.0 Å². The van der Waals surface area contributed by atoms with E-state index in [1.54, 1.807) is 7.05 Å². The number of rotatable bonds is 7. The second kappa shape index (κ2) is 14.0. The molecule has 182 valence electrons. The van der Waals surface area contributed by atoms with Crippen molar-refractivity contribution in [2.45, 2.75) is 66.2 Å². The van der Waals surface area contributed by atoms with Crippen molar-refractivity contribution in [1.82, 2.24) is 25.8 Å². The minimum atomic E-state index is -0.527. The number of hydrogen-bond donors (Lipinski definition) is 3. The van der Waals surface area contributed by atoms with Crippen molar-refractivity contribution in [2.24, 2.45) is 10.9 Å². The second-order valence-corrected chi connectivity index (χ2v) is 9.41. The minimum Gasteiger partial charge on any atom is -0.444 e. The smallest absolute Gasteiger partial charge is 0.407 e. The number of guanidine groups is 1. The third-order valence-corrected chi connectivity index (χ3v) is 4.69. The van der Waals surface area contributed by atoms with Gasteiger partial charge in [0.2, 0.25) is 5.91 Å². The molecule has 1 atom stereocenters. The highest BCUT2D eigenvalue weighted by Gasteiger charge is 2.24. The summed E-state index contributed by atoms with van der Waals surface area (Å²) in [5, 5.41) is 9.26. The number of nitrogens with zero attached hydrogens (tertiary/aromatic N) is 3. The van der Waals surface area contributed by atoms with Crippen LogP contribution in [-0.4, -0.2) is 91.8 Å². The topological polar surface area (TPSA) is 98.3 Å². The van der Waals surface area contributed by atoms with Crippen molar-refractivity contribution in [2.75, 3.05) is 46.3 Å². The first-order chi connectivity index (χ1) is 13.9. The summed E-state index contributed by atoms with van der Waals surface area (Å²) in [6, 6.07) is 0.0719. The van der Waals surface area contributed by atoms with Crippen molar-refractivity contribution in [3.05, 3.63) is 0 Å². The van der Waals surface area contributed by atoms with Gasteiger partial charge in [0.1, 0.15) is 5.60 Å². The number of piperazine rings is 1. The molecule has 0 saturated carbocycles. The maximum Gasteiger partial charge on any atom is 0.407 e. The lowest BCUT2D eigenvalue weighted by molar-refractivity contribution is -0.123. The normalized spacial score (nSPS) is 16.6. The Balaban J connectivity index is 0.00000900. The van der Waals surface area contributed by atoms with E-state index in [1.165, 1.54) is 0 Å². The van der Waals surface area contributed by atoms with Crippen LogP contribution in [0.15, 0.2) is 4.99 Å². The second-order valence-electron chi connectivity index (χ2n) is 9.41. The standard InChI is InChI=1S/C21H42N6O3.HI/c1-15(2)17(25-20(29)30-21(5,6)7)13-23-19(22-8)27-11-9-26(10-12-27)14-18(28)24-16(3)4;/h15-17H,9-14H2,1-8H3,(H,22,23)(H,24,28)(H,25,29);1H. The zero-order valence-electron chi connectivity index (χ0n) is 20.4. The van der Waals surface area contributed by atoms with E-state index >= 15 is 0 Å². The predicted octanol–water partition coefficient (Wildman–Crippen LogP) is 1.87. The van der Waals surface area contributed by atoms with Crippen molar-refractivity contribution in [3.63, 3.8) is 0 Å². The van der Waals surface area contributed by atoms with E-state index < -0.39 is 11.7 Å². The summed E-state index contributed by atoms with van der Waals surface area (Å²) in [6.07, 6.45) is -0.411. The lowest BCUT2D eigenvalue weighted by Gasteiger charge is -2.36. The van der Waals surface area contributed by atoms with Crippen molar-refractivity contribution in [3.8, 4) is 0 Å². The van der Waals surface area contributed by atoms with Crippen LogP contribution in [0.4, 0.5) is 4.79 Å². The Morgan fingerprint density at radius 2 is 1.61 bits per heavy atom. The highest BCUT2D eigenvalue weighted by molar-refractivity contribution is 14.0.